The van der Waals surface area contributed by atoms with Crippen LogP contribution < -0.4 is 5.32 Å². The summed E-state index contributed by atoms with van der Waals surface area (Å²) in [7, 11) is 0. The Hall–Kier alpha value is -1.09. The molecule has 1 aromatic heterocycles. The van der Waals surface area contributed by atoms with Crippen LogP contribution in [-0.4, -0.2) is 5.91 Å². The van der Waals surface area contributed by atoms with E-state index in [0.29, 0.717) is 6.54 Å². The van der Waals surface area contributed by atoms with E-state index in [1.165, 1.54) is 21.4 Å². The Balaban J connectivity index is 2.55. The number of carbonyl (C=O) groups excluding carboxylic acids is 1. The predicted octanol–water partition coefficient (Wildman–Crippen LogP) is 2.17. The second kappa shape index (κ2) is 4.23. The fraction of sp³-hybridized carbons (Fsp3) is 0.300. The molecule has 0 spiro atoms. The van der Waals surface area contributed by atoms with Crippen molar-refractivity contribution >= 4 is 17.2 Å². The first-order valence-electron chi connectivity index (χ1n) is 4.09. The maximum atomic E-state index is 10.9. The summed E-state index contributed by atoms with van der Waals surface area (Å²) in [5.41, 5.74) is 1.29. The average Bonchev–Trinajstić information content (AvgIpc) is 2.42. The van der Waals surface area contributed by atoms with Gasteiger partial charge < -0.3 is 5.32 Å². The summed E-state index contributed by atoms with van der Waals surface area (Å²) in [5.74, 6) is -0.122. The standard InChI is InChI=1S/C10H13NOS/c1-4-10(12)11-6-9-5-7(2)8(3)13-9/h4-5H,1,6H2,2-3H3,(H,11,12). The van der Waals surface area contributed by atoms with Crippen LogP contribution in [-0.2, 0) is 11.3 Å². The van der Waals surface area contributed by atoms with Gasteiger partial charge in [0.2, 0.25) is 5.91 Å². The van der Waals surface area contributed by atoms with Crippen molar-refractivity contribution in [2.75, 3.05) is 0 Å². The number of carbonyl (C=O) groups is 1. The van der Waals surface area contributed by atoms with Crippen molar-refractivity contribution in [1.29, 1.82) is 0 Å². The Morgan fingerprint density at radius 2 is 2.38 bits per heavy atom. The van der Waals surface area contributed by atoms with E-state index < -0.39 is 0 Å². The number of nitrogens with one attached hydrogen (secondary N) is 1. The summed E-state index contributed by atoms with van der Waals surface area (Å²) in [6.45, 7) is 8.14. The summed E-state index contributed by atoms with van der Waals surface area (Å²) in [5, 5.41) is 2.74. The van der Waals surface area contributed by atoms with Gasteiger partial charge in [-0.05, 0) is 31.6 Å². The lowest BCUT2D eigenvalue weighted by Crippen LogP contribution is -2.19. The lowest BCUT2D eigenvalue weighted by Gasteiger charge is -1.97. The van der Waals surface area contributed by atoms with Crippen LogP contribution in [0.25, 0.3) is 0 Å². The molecule has 1 rings (SSSR count). The molecule has 1 amide bonds. The van der Waals surface area contributed by atoms with Crippen LogP contribution in [0.2, 0.25) is 0 Å². The lowest BCUT2D eigenvalue weighted by atomic mass is 10.3. The monoisotopic (exact) mass is 195 g/mol. The molecule has 1 N–H and O–H groups in total. The van der Waals surface area contributed by atoms with Crippen LogP contribution in [0.15, 0.2) is 18.7 Å². The summed E-state index contributed by atoms with van der Waals surface area (Å²) in [6.07, 6.45) is 1.29. The molecule has 1 aromatic rings. The van der Waals surface area contributed by atoms with E-state index in [0.717, 1.165) is 0 Å². The Morgan fingerprint density at radius 1 is 1.69 bits per heavy atom. The average molecular weight is 195 g/mol. The van der Waals surface area contributed by atoms with Gasteiger partial charge in [0.15, 0.2) is 0 Å². The van der Waals surface area contributed by atoms with E-state index in [2.05, 4.69) is 31.8 Å². The van der Waals surface area contributed by atoms with Crippen molar-refractivity contribution in [1.82, 2.24) is 5.32 Å². The van der Waals surface area contributed by atoms with Gasteiger partial charge in [-0.2, -0.15) is 0 Å². The molecular weight excluding hydrogens is 182 g/mol. The highest BCUT2D eigenvalue weighted by molar-refractivity contribution is 7.12. The maximum Gasteiger partial charge on any atom is 0.243 e. The molecule has 0 atom stereocenters. The number of hydrogen-bond acceptors (Lipinski definition) is 2. The first-order chi connectivity index (χ1) is 6.13. The third kappa shape index (κ3) is 2.70. The molecule has 13 heavy (non-hydrogen) atoms. The molecule has 3 heteroatoms. The smallest absolute Gasteiger partial charge is 0.243 e. The van der Waals surface area contributed by atoms with Crippen molar-refractivity contribution in [2.45, 2.75) is 20.4 Å². The van der Waals surface area contributed by atoms with Gasteiger partial charge in [0.05, 0.1) is 6.54 Å². The van der Waals surface area contributed by atoms with Crippen LogP contribution in [0.1, 0.15) is 15.3 Å². The molecule has 0 saturated carbocycles. The van der Waals surface area contributed by atoms with Crippen molar-refractivity contribution in [3.8, 4) is 0 Å². The molecule has 0 unspecified atom stereocenters. The van der Waals surface area contributed by atoms with Crippen LogP contribution in [0.4, 0.5) is 0 Å². The Kier molecular flexibility index (Phi) is 3.25. The summed E-state index contributed by atoms with van der Waals surface area (Å²) in [6, 6.07) is 2.10. The van der Waals surface area contributed by atoms with Crippen molar-refractivity contribution in [3.05, 3.63) is 34.0 Å². The van der Waals surface area contributed by atoms with Gasteiger partial charge >= 0.3 is 0 Å². The van der Waals surface area contributed by atoms with Gasteiger partial charge in [-0.1, -0.05) is 6.58 Å². The zero-order valence-corrected chi connectivity index (χ0v) is 8.70. The first-order valence-corrected chi connectivity index (χ1v) is 4.91. The molecule has 0 aliphatic carbocycles. The van der Waals surface area contributed by atoms with Crippen molar-refractivity contribution in [3.63, 3.8) is 0 Å². The minimum atomic E-state index is -0.122. The lowest BCUT2D eigenvalue weighted by molar-refractivity contribution is -0.116. The number of rotatable bonds is 3. The van der Waals surface area contributed by atoms with E-state index in [9.17, 15) is 4.79 Å². The Morgan fingerprint density at radius 3 is 2.85 bits per heavy atom. The molecule has 0 fully saturated rings. The highest BCUT2D eigenvalue weighted by atomic mass is 32.1. The van der Waals surface area contributed by atoms with Gasteiger partial charge in [-0.15, -0.1) is 11.3 Å². The van der Waals surface area contributed by atoms with E-state index in [1.54, 1.807) is 11.3 Å². The summed E-state index contributed by atoms with van der Waals surface area (Å²) < 4.78 is 0. The van der Waals surface area contributed by atoms with E-state index in [1.807, 2.05) is 0 Å². The zero-order valence-electron chi connectivity index (χ0n) is 7.89. The first kappa shape index (κ1) is 9.99. The van der Waals surface area contributed by atoms with Gasteiger partial charge in [-0.25, -0.2) is 0 Å². The topological polar surface area (TPSA) is 29.1 Å². The fourth-order valence-electron chi connectivity index (χ4n) is 0.983. The van der Waals surface area contributed by atoms with E-state index >= 15 is 0 Å². The van der Waals surface area contributed by atoms with Crippen molar-refractivity contribution in [2.24, 2.45) is 0 Å². The van der Waals surface area contributed by atoms with Gasteiger partial charge in [0, 0.05) is 9.75 Å². The van der Waals surface area contributed by atoms with E-state index in [4.69, 9.17) is 0 Å². The van der Waals surface area contributed by atoms with Crippen LogP contribution in [0.5, 0.6) is 0 Å². The number of aryl methyl sites for hydroxylation is 2. The molecule has 70 valence electrons. The maximum absolute atomic E-state index is 10.9. The molecule has 0 aliphatic rings. The molecule has 0 saturated heterocycles. The molecule has 0 bridgehead atoms. The second-order valence-corrected chi connectivity index (χ2v) is 4.21. The van der Waals surface area contributed by atoms with E-state index in [-0.39, 0.29) is 5.91 Å². The van der Waals surface area contributed by atoms with Crippen LogP contribution in [0, 0.1) is 13.8 Å². The Bertz CT molecular complexity index is 308. The number of thiophene rings is 1. The van der Waals surface area contributed by atoms with Gasteiger partial charge in [-0.3, -0.25) is 4.79 Å². The van der Waals surface area contributed by atoms with Gasteiger partial charge in [0.1, 0.15) is 0 Å². The molecular formula is C10H13NOS. The summed E-state index contributed by atoms with van der Waals surface area (Å²) in [4.78, 5) is 13.3. The third-order valence-corrected chi connectivity index (χ3v) is 2.99. The predicted molar refractivity (Wildman–Crippen MR) is 55.8 cm³/mol. The SMILES string of the molecule is C=CC(=O)NCc1cc(C)c(C)s1. The third-order valence-electron chi connectivity index (χ3n) is 1.84. The Labute approximate surface area is 82.3 Å². The van der Waals surface area contributed by atoms with Gasteiger partial charge in [0.25, 0.3) is 0 Å². The highest BCUT2D eigenvalue weighted by Gasteiger charge is 2.01. The van der Waals surface area contributed by atoms with Crippen molar-refractivity contribution < 1.29 is 4.79 Å². The zero-order chi connectivity index (χ0) is 9.84. The molecule has 0 radical (unpaired) electrons. The minimum Gasteiger partial charge on any atom is -0.348 e. The largest absolute Gasteiger partial charge is 0.348 e. The second-order valence-electron chi connectivity index (χ2n) is 2.87. The quantitative estimate of drug-likeness (QED) is 0.736. The highest BCUT2D eigenvalue weighted by Crippen LogP contribution is 2.19. The number of amides is 1. The normalized spacial score (nSPS) is 9.69. The molecule has 0 aliphatic heterocycles. The summed E-state index contributed by atoms with van der Waals surface area (Å²) >= 11 is 1.72. The minimum absolute atomic E-state index is 0.122. The molecule has 1 heterocycles. The molecule has 2 nitrogen and oxygen atoms in total. The molecule has 0 aromatic carbocycles. The van der Waals surface area contributed by atoms with Crippen LogP contribution >= 0.6 is 11.3 Å². The fourth-order valence-corrected chi connectivity index (χ4v) is 1.98. The number of hydrogen-bond donors (Lipinski definition) is 1. The van der Waals surface area contributed by atoms with Crippen LogP contribution in [0.3, 0.4) is 0 Å².